The maximum absolute atomic E-state index is 4.05. The average molecular weight is 713 g/mol. The van der Waals surface area contributed by atoms with Crippen LogP contribution in [0.1, 0.15) is 34.3 Å². The molecule has 52 heavy (non-hydrogen) atoms. The summed E-state index contributed by atoms with van der Waals surface area (Å²) in [5, 5.41) is 13.7. The average Bonchev–Trinajstić information content (AvgIpc) is 3.23. The van der Waals surface area contributed by atoms with E-state index < -0.39 is 15.8 Å². The van der Waals surface area contributed by atoms with Crippen molar-refractivity contribution in [2.24, 2.45) is 0 Å². The van der Waals surface area contributed by atoms with Crippen LogP contribution < -0.4 is 31.9 Å². The first-order valence-corrected chi connectivity index (χ1v) is 21.3. The number of nitrogens with one attached hydrogen (secondary N) is 2. The van der Waals surface area contributed by atoms with Gasteiger partial charge in [-0.15, -0.1) is 0 Å². The summed E-state index contributed by atoms with van der Waals surface area (Å²) in [5.41, 5.74) is 5.33. The van der Waals surface area contributed by atoms with Crippen molar-refractivity contribution in [3.8, 4) is 0 Å². The summed E-state index contributed by atoms with van der Waals surface area (Å²) < 4.78 is 0. The van der Waals surface area contributed by atoms with E-state index in [-0.39, 0.29) is 12.1 Å². The summed E-state index contributed by atoms with van der Waals surface area (Å²) in [7, 11) is -1.13. The Balaban J connectivity index is 1.12. The molecule has 0 radical (unpaired) electrons. The molecule has 0 aromatic heterocycles. The van der Waals surface area contributed by atoms with E-state index in [4.69, 9.17) is 0 Å². The Bertz CT molecular complexity index is 1810. The predicted molar refractivity (Wildman–Crippen MR) is 226 cm³/mol. The van der Waals surface area contributed by atoms with Crippen molar-refractivity contribution in [1.29, 1.82) is 0 Å². The highest BCUT2D eigenvalue weighted by atomic mass is 31.1. The van der Waals surface area contributed by atoms with Crippen molar-refractivity contribution in [3.63, 3.8) is 0 Å². The molecule has 0 bridgehead atoms. The summed E-state index contributed by atoms with van der Waals surface area (Å²) >= 11 is 0. The van der Waals surface area contributed by atoms with Crippen molar-refractivity contribution >= 4 is 37.1 Å². The molecule has 0 aliphatic carbocycles. The first-order valence-electron chi connectivity index (χ1n) is 18.2. The van der Waals surface area contributed by atoms with Gasteiger partial charge < -0.3 is 10.6 Å². The summed E-state index contributed by atoms with van der Waals surface area (Å²) in [6.07, 6.45) is 2.04. The van der Waals surface area contributed by atoms with E-state index in [0.717, 1.165) is 25.4 Å². The lowest BCUT2D eigenvalue weighted by Crippen LogP contribution is -2.29. The lowest BCUT2D eigenvalue weighted by atomic mass is 10.0. The van der Waals surface area contributed by atoms with Crippen LogP contribution in [0.2, 0.25) is 0 Å². The molecule has 7 rings (SSSR count). The molecule has 2 N–H and O–H groups in total. The molecule has 0 unspecified atom stereocenters. The van der Waals surface area contributed by atoms with Gasteiger partial charge in [0.05, 0.1) is 0 Å². The molecular formula is C48H46N2P2. The Morgan fingerprint density at radius 1 is 0.308 bits per heavy atom. The number of hydrogen-bond donors (Lipinski definition) is 2. The van der Waals surface area contributed by atoms with Gasteiger partial charge in [0.25, 0.3) is 0 Å². The van der Waals surface area contributed by atoms with Crippen LogP contribution in [-0.2, 0) is 13.1 Å². The number of benzene rings is 7. The highest BCUT2D eigenvalue weighted by Crippen LogP contribution is 2.39. The van der Waals surface area contributed by atoms with Crippen LogP contribution in [0, 0.1) is 0 Å². The molecule has 0 aliphatic rings. The third-order valence-corrected chi connectivity index (χ3v) is 14.7. The molecular weight excluding hydrogens is 666 g/mol. The minimum Gasteiger partial charge on any atom is -0.306 e. The second-order valence-corrected chi connectivity index (χ2v) is 17.5. The van der Waals surface area contributed by atoms with Gasteiger partial charge in [0.1, 0.15) is 0 Å². The van der Waals surface area contributed by atoms with Crippen LogP contribution >= 0.6 is 15.8 Å². The fraction of sp³-hybridized carbons (Fsp3) is 0.125. The van der Waals surface area contributed by atoms with Crippen molar-refractivity contribution < 1.29 is 0 Å². The van der Waals surface area contributed by atoms with Crippen molar-refractivity contribution in [2.75, 3.05) is 12.3 Å². The molecule has 0 heterocycles. The van der Waals surface area contributed by atoms with Crippen LogP contribution in [0.3, 0.4) is 0 Å². The first kappa shape index (κ1) is 35.7. The molecule has 0 saturated heterocycles. The van der Waals surface area contributed by atoms with Crippen LogP contribution in [0.15, 0.2) is 206 Å². The standard InChI is InChI=1S/C48H46N2P2/c1-7-21-39(22-8-1)47(37-51(43-27-11-3-12-28-43)44-29-13-4-14-30-44)49-35-41-25-19-20-26-42(41)36-50-48(40-23-9-2-10-24-40)38-52(45-31-15-5-16-32-45)46-33-17-6-18-34-46/h1-34,47-50H,35-38H2/t47-,48-/m0/s1. The monoisotopic (exact) mass is 712 g/mol. The Morgan fingerprint density at radius 2 is 0.558 bits per heavy atom. The second kappa shape index (κ2) is 18.7. The quantitative estimate of drug-likeness (QED) is 0.0976. The minimum atomic E-state index is -0.563. The summed E-state index contributed by atoms with van der Waals surface area (Å²) in [6, 6.07) is 75.6. The second-order valence-electron chi connectivity index (χ2n) is 13.0. The molecule has 7 aromatic carbocycles. The van der Waals surface area contributed by atoms with Gasteiger partial charge in [-0.2, -0.15) is 0 Å². The molecule has 2 nitrogen and oxygen atoms in total. The number of hydrogen-bond acceptors (Lipinski definition) is 2. The van der Waals surface area contributed by atoms with Gasteiger partial charge in [0.15, 0.2) is 0 Å². The number of rotatable bonds is 16. The third-order valence-electron chi connectivity index (χ3n) is 9.60. The largest absolute Gasteiger partial charge is 0.306 e. The fourth-order valence-electron chi connectivity index (χ4n) is 6.83. The zero-order valence-electron chi connectivity index (χ0n) is 29.5. The van der Waals surface area contributed by atoms with E-state index in [1.165, 1.54) is 43.5 Å². The van der Waals surface area contributed by atoms with Gasteiger partial charge in [0.2, 0.25) is 0 Å². The van der Waals surface area contributed by atoms with Gasteiger partial charge in [0, 0.05) is 25.2 Å². The van der Waals surface area contributed by atoms with Crippen molar-refractivity contribution in [3.05, 3.63) is 229 Å². The highest BCUT2D eigenvalue weighted by molar-refractivity contribution is 7.73. The van der Waals surface area contributed by atoms with Gasteiger partial charge in [-0.1, -0.05) is 206 Å². The molecule has 0 aliphatic heterocycles. The molecule has 258 valence electrons. The topological polar surface area (TPSA) is 24.1 Å². The summed E-state index contributed by atoms with van der Waals surface area (Å²) in [6.45, 7) is 1.59. The van der Waals surface area contributed by atoms with Gasteiger partial charge in [-0.3, -0.25) is 0 Å². The third kappa shape index (κ3) is 9.60. The van der Waals surface area contributed by atoms with E-state index >= 15 is 0 Å². The van der Waals surface area contributed by atoms with E-state index in [1.54, 1.807) is 0 Å². The van der Waals surface area contributed by atoms with Gasteiger partial charge in [-0.25, -0.2) is 0 Å². The summed E-state index contributed by atoms with van der Waals surface area (Å²) in [4.78, 5) is 0. The lowest BCUT2D eigenvalue weighted by Gasteiger charge is -2.28. The highest BCUT2D eigenvalue weighted by Gasteiger charge is 2.23. The molecule has 0 fully saturated rings. The molecule has 2 atom stereocenters. The normalized spacial score (nSPS) is 12.5. The smallest absolute Gasteiger partial charge is 0.0368 e. The Hall–Kier alpha value is -4.68. The van der Waals surface area contributed by atoms with Gasteiger partial charge >= 0.3 is 0 Å². The minimum absolute atomic E-state index is 0.200. The molecule has 7 aromatic rings. The van der Waals surface area contributed by atoms with E-state index in [0.29, 0.717) is 0 Å². The maximum atomic E-state index is 4.05. The van der Waals surface area contributed by atoms with E-state index in [2.05, 4.69) is 217 Å². The molecule has 0 spiro atoms. The van der Waals surface area contributed by atoms with E-state index in [9.17, 15) is 0 Å². The Morgan fingerprint density at radius 3 is 0.846 bits per heavy atom. The van der Waals surface area contributed by atoms with Crippen LogP contribution in [0.4, 0.5) is 0 Å². The van der Waals surface area contributed by atoms with Crippen molar-refractivity contribution in [2.45, 2.75) is 25.2 Å². The summed E-state index contributed by atoms with van der Waals surface area (Å²) in [5.74, 6) is 0. The van der Waals surface area contributed by atoms with Crippen LogP contribution in [-0.4, -0.2) is 12.3 Å². The maximum Gasteiger partial charge on any atom is 0.0368 e. The lowest BCUT2D eigenvalue weighted by molar-refractivity contribution is 0.559. The molecule has 4 heteroatoms. The van der Waals surface area contributed by atoms with Crippen LogP contribution in [0.5, 0.6) is 0 Å². The van der Waals surface area contributed by atoms with Gasteiger partial charge in [-0.05, 0) is 71.6 Å². The Labute approximate surface area is 312 Å². The zero-order valence-corrected chi connectivity index (χ0v) is 31.3. The van der Waals surface area contributed by atoms with Crippen LogP contribution in [0.25, 0.3) is 0 Å². The van der Waals surface area contributed by atoms with Crippen molar-refractivity contribution in [1.82, 2.24) is 10.6 Å². The zero-order chi connectivity index (χ0) is 35.2. The van der Waals surface area contributed by atoms with E-state index in [1.807, 2.05) is 0 Å². The predicted octanol–water partition coefficient (Wildman–Crippen LogP) is 9.61. The fourth-order valence-corrected chi connectivity index (χ4v) is 11.8. The molecule has 0 saturated carbocycles. The SMILES string of the molecule is c1ccc([C@H](CP(c2ccccc2)c2ccccc2)NCc2ccccc2CN[C@@H](CP(c2ccccc2)c2ccccc2)c2ccccc2)cc1. The Kier molecular flexibility index (Phi) is 12.8. The first-order chi connectivity index (χ1) is 25.8. The molecule has 0 amide bonds.